The van der Waals surface area contributed by atoms with Crippen molar-refractivity contribution in [1.29, 1.82) is 0 Å². The third kappa shape index (κ3) is 4.45. The van der Waals surface area contributed by atoms with Crippen LogP contribution in [-0.2, 0) is 4.79 Å². The second-order valence-corrected chi connectivity index (χ2v) is 6.23. The van der Waals surface area contributed by atoms with Crippen LogP contribution in [-0.4, -0.2) is 60.1 Å². The van der Waals surface area contributed by atoms with Gasteiger partial charge in [-0.05, 0) is 26.1 Å². The van der Waals surface area contributed by atoms with E-state index in [-0.39, 0.29) is 5.75 Å². The minimum absolute atomic E-state index is 0.0379. The number of rotatable bonds is 5. The number of aromatic nitrogens is 2. The molecule has 1 amide bonds. The SMILES string of the molecule is CC(Oc1ccccc1F)C(=O)Nc1cc(N2CCN(C)CC2)ncn1. The first-order chi connectivity index (χ1) is 12.5. The number of piperazine rings is 1. The Kier molecular flexibility index (Phi) is 5.62. The Labute approximate surface area is 151 Å². The topological polar surface area (TPSA) is 70.6 Å². The van der Waals surface area contributed by atoms with Gasteiger partial charge in [-0.3, -0.25) is 4.79 Å². The summed E-state index contributed by atoms with van der Waals surface area (Å²) in [7, 11) is 2.08. The van der Waals surface area contributed by atoms with Gasteiger partial charge in [0.2, 0.25) is 0 Å². The number of likely N-dealkylation sites (N-methyl/N-ethyl adjacent to an activating group) is 1. The van der Waals surface area contributed by atoms with E-state index in [2.05, 4.69) is 32.1 Å². The molecule has 1 aliphatic heterocycles. The Morgan fingerprint density at radius 1 is 1.23 bits per heavy atom. The number of carbonyl (C=O) groups is 1. The van der Waals surface area contributed by atoms with Crippen molar-refractivity contribution in [2.75, 3.05) is 43.4 Å². The van der Waals surface area contributed by atoms with Gasteiger partial charge in [0.15, 0.2) is 17.7 Å². The van der Waals surface area contributed by atoms with Gasteiger partial charge in [0.1, 0.15) is 18.0 Å². The molecule has 2 aromatic rings. The Morgan fingerprint density at radius 2 is 1.96 bits per heavy atom. The van der Waals surface area contributed by atoms with Crippen LogP contribution in [0.3, 0.4) is 0 Å². The first-order valence-corrected chi connectivity index (χ1v) is 8.50. The zero-order valence-electron chi connectivity index (χ0n) is 14.9. The Balaban J connectivity index is 1.62. The quantitative estimate of drug-likeness (QED) is 0.877. The molecule has 0 aliphatic carbocycles. The number of hydrogen-bond donors (Lipinski definition) is 1. The summed E-state index contributed by atoms with van der Waals surface area (Å²) < 4.78 is 19.0. The number of carbonyl (C=O) groups excluding carboxylic acids is 1. The number of amides is 1. The molecule has 138 valence electrons. The number of para-hydroxylation sites is 1. The minimum Gasteiger partial charge on any atom is -0.478 e. The van der Waals surface area contributed by atoms with Crippen LogP contribution < -0.4 is 15.0 Å². The van der Waals surface area contributed by atoms with Crippen molar-refractivity contribution in [2.45, 2.75) is 13.0 Å². The van der Waals surface area contributed by atoms with E-state index in [4.69, 9.17) is 4.74 Å². The summed E-state index contributed by atoms with van der Waals surface area (Å²) in [5, 5.41) is 2.70. The largest absolute Gasteiger partial charge is 0.478 e. The van der Waals surface area contributed by atoms with Gasteiger partial charge in [-0.25, -0.2) is 14.4 Å². The lowest BCUT2D eigenvalue weighted by Crippen LogP contribution is -2.44. The molecule has 0 spiro atoms. The second kappa shape index (κ2) is 8.09. The lowest BCUT2D eigenvalue weighted by molar-refractivity contribution is -0.122. The molecule has 2 heterocycles. The Hall–Kier alpha value is -2.74. The van der Waals surface area contributed by atoms with Crippen molar-refractivity contribution in [1.82, 2.24) is 14.9 Å². The zero-order valence-corrected chi connectivity index (χ0v) is 14.9. The van der Waals surface area contributed by atoms with Gasteiger partial charge in [0, 0.05) is 32.2 Å². The van der Waals surface area contributed by atoms with Gasteiger partial charge in [-0.1, -0.05) is 12.1 Å². The molecule has 3 rings (SSSR count). The van der Waals surface area contributed by atoms with Crippen molar-refractivity contribution in [2.24, 2.45) is 0 Å². The van der Waals surface area contributed by atoms with Crippen LogP contribution in [0, 0.1) is 5.82 Å². The highest BCUT2D eigenvalue weighted by Gasteiger charge is 2.19. The van der Waals surface area contributed by atoms with Crippen molar-refractivity contribution in [3.63, 3.8) is 0 Å². The molecule has 1 aromatic carbocycles. The van der Waals surface area contributed by atoms with Crippen LogP contribution >= 0.6 is 0 Å². The standard InChI is InChI=1S/C18H22FN5O2/c1-13(26-15-6-4-3-5-14(15)19)18(25)22-16-11-17(21-12-20-16)24-9-7-23(2)8-10-24/h3-6,11-13H,7-10H2,1-2H3,(H,20,21,22,25). The van der Waals surface area contributed by atoms with Gasteiger partial charge in [0.25, 0.3) is 5.91 Å². The molecule has 0 saturated carbocycles. The fourth-order valence-electron chi connectivity index (χ4n) is 2.64. The molecule has 0 bridgehead atoms. The van der Waals surface area contributed by atoms with Gasteiger partial charge >= 0.3 is 0 Å². The van der Waals surface area contributed by atoms with E-state index >= 15 is 0 Å². The van der Waals surface area contributed by atoms with Crippen molar-refractivity contribution < 1.29 is 13.9 Å². The molecule has 1 fully saturated rings. The van der Waals surface area contributed by atoms with E-state index < -0.39 is 17.8 Å². The number of ether oxygens (including phenoxy) is 1. The summed E-state index contributed by atoms with van der Waals surface area (Å²) in [5.41, 5.74) is 0. The maximum Gasteiger partial charge on any atom is 0.266 e. The number of anilines is 2. The monoisotopic (exact) mass is 359 g/mol. The molecular formula is C18H22FN5O2. The molecule has 1 unspecified atom stereocenters. The van der Waals surface area contributed by atoms with Crippen LogP contribution in [0.25, 0.3) is 0 Å². The number of hydrogen-bond acceptors (Lipinski definition) is 6. The summed E-state index contributed by atoms with van der Waals surface area (Å²) in [6, 6.07) is 7.71. The fourth-order valence-corrected chi connectivity index (χ4v) is 2.64. The maximum absolute atomic E-state index is 13.6. The first-order valence-electron chi connectivity index (χ1n) is 8.50. The first kappa shape index (κ1) is 18.1. The van der Waals surface area contributed by atoms with E-state index in [0.717, 1.165) is 32.0 Å². The molecule has 1 saturated heterocycles. The summed E-state index contributed by atoms with van der Waals surface area (Å²) in [6.07, 6.45) is 0.556. The van der Waals surface area contributed by atoms with E-state index in [1.165, 1.54) is 18.5 Å². The van der Waals surface area contributed by atoms with E-state index in [1.54, 1.807) is 25.1 Å². The number of halogens is 1. The molecule has 1 atom stereocenters. The van der Waals surface area contributed by atoms with E-state index in [1.807, 2.05) is 0 Å². The molecule has 1 N–H and O–H groups in total. The molecule has 8 heteroatoms. The summed E-state index contributed by atoms with van der Waals surface area (Å²) >= 11 is 0. The van der Waals surface area contributed by atoms with Crippen LogP contribution in [0.4, 0.5) is 16.0 Å². The van der Waals surface area contributed by atoms with Crippen molar-refractivity contribution in [3.05, 3.63) is 42.5 Å². The maximum atomic E-state index is 13.6. The van der Waals surface area contributed by atoms with Gasteiger partial charge in [-0.15, -0.1) is 0 Å². The average Bonchev–Trinajstić information content (AvgIpc) is 2.64. The predicted octanol–water partition coefficient (Wildman–Crippen LogP) is 1.77. The van der Waals surface area contributed by atoms with Gasteiger partial charge in [0.05, 0.1) is 0 Å². The zero-order chi connectivity index (χ0) is 18.5. The number of nitrogens with one attached hydrogen (secondary N) is 1. The van der Waals surface area contributed by atoms with Gasteiger partial charge in [-0.2, -0.15) is 0 Å². The summed E-state index contributed by atoms with van der Waals surface area (Å²) in [4.78, 5) is 25.1. The molecule has 7 nitrogen and oxygen atoms in total. The Morgan fingerprint density at radius 3 is 2.69 bits per heavy atom. The Bertz CT molecular complexity index is 765. The van der Waals surface area contributed by atoms with Crippen molar-refractivity contribution in [3.8, 4) is 5.75 Å². The smallest absolute Gasteiger partial charge is 0.266 e. The van der Waals surface area contributed by atoms with E-state index in [0.29, 0.717) is 5.82 Å². The highest BCUT2D eigenvalue weighted by molar-refractivity contribution is 5.93. The van der Waals surface area contributed by atoms with Gasteiger partial charge < -0.3 is 19.9 Å². The van der Waals surface area contributed by atoms with Crippen LogP contribution in [0.5, 0.6) is 5.75 Å². The average molecular weight is 359 g/mol. The van der Waals surface area contributed by atoms with Crippen molar-refractivity contribution >= 4 is 17.5 Å². The van der Waals surface area contributed by atoms with Crippen LogP contribution in [0.2, 0.25) is 0 Å². The third-order valence-electron chi connectivity index (χ3n) is 4.24. The molecule has 0 radical (unpaired) electrons. The number of nitrogens with zero attached hydrogens (tertiary/aromatic N) is 4. The molecule has 1 aliphatic rings. The third-order valence-corrected chi connectivity index (χ3v) is 4.24. The lowest BCUT2D eigenvalue weighted by atomic mass is 10.3. The highest BCUT2D eigenvalue weighted by atomic mass is 19.1. The summed E-state index contributed by atoms with van der Waals surface area (Å²) in [6.45, 7) is 5.21. The predicted molar refractivity (Wildman–Crippen MR) is 96.9 cm³/mol. The normalized spacial score (nSPS) is 16.2. The second-order valence-electron chi connectivity index (χ2n) is 6.23. The molecular weight excluding hydrogens is 337 g/mol. The van der Waals surface area contributed by atoms with Crippen LogP contribution in [0.15, 0.2) is 36.7 Å². The minimum atomic E-state index is -0.867. The molecule has 26 heavy (non-hydrogen) atoms. The summed E-state index contributed by atoms with van der Waals surface area (Å²) in [5.74, 6) is 0.285. The fraction of sp³-hybridized carbons (Fsp3) is 0.389. The van der Waals surface area contributed by atoms with E-state index in [9.17, 15) is 9.18 Å². The van der Waals surface area contributed by atoms with Crippen LogP contribution in [0.1, 0.15) is 6.92 Å². The number of benzene rings is 1. The highest BCUT2D eigenvalue weighted by Crippen LogP contribution is 2.19. The lowest BCUT2D eigenvalue weighted by Gasteiger charge is -2.33. The molecule has 1 aromatic heterocycles.